The van der Waals surface area contributed by atoms with Crippen LogP contribution in [0.3, 0.4) is 0 Å². The Bertz CT molecular complexity index is 635. The van der Waals surface area contributed by atoms with E-state index in [-0.39, 0.29) is 4.90 Å². The molecule has 1 saturated heterocycles. The van der Waals surface area contributed by atoms with Crippen molar-refractivity contribution in [3.63, 3.8) is 0 Å². The van der Waals surface area contributed by atoms with E-state index in [1.54, 1.807) is 19.3 Å². The van der Waals surface area contributed by atoms with Gasteiger partial charge in [0, 0.05) is 17.0 Å². The molecule has 2 unspecified atom stereocenters. The summed E-state index contributed by atoms with van der Waals surface area (Å²) in [7, 11) is -1.82. The van der Waals surface area contributed by atoms with E-state index in [4.69, 9.17) is 5.21 Å². The number of nitrogens with one attached hydrogen (secondary N) is 1. The second-order valence-corrected chi connectivity index (χ2v) is 8.93. The van der Waals surface area contributed by atoms with Gasteiger partial charge < -0.3 is 0 Å². The maximum absolute atomic E-state index is 12.8. The molecule has 1 aliphatic rings. The topological polar surface area (TPSA) is 69.6 Å². The van der Waals surface area contributed by atoms with Crippen molar-refractivity contribution in [3.05, 3.63) is 29.8 Å². The van der Waals surface area contributed by atoms with Crippen molar-refractivity contribution in [1.29, 1.82) is 0 Å². The number of alkyl halides is 3. The number of hydrogen-bond donors (Lipinski definition) is 2. The molecule has 1 amide bonds. The van der Waals surface area contributed by atoms with Gasteiger partial charge >= 0.3 is 6.18 Å². The third-order valence-electron chi connectivity index (χ3n) is 3.69. The number of carbonyl (C=O) groups is 1. The molecule has 0 aliphatic carbocycles. The monoisotopic (exact) mass is 382 g/mol. The van der Waals surface area contributed by atoms with Gasteiger partial charge in [0.2, 0.25) is 0 Å². The van der Waals surface area contributed by atoms with Gasteiger partial charge in [0.25, 0.3) is 5.91 Å². The lowest BCUT2D eigenvalue weighted by molar-refractivity contribution is -0.137. The second-order valence-electron chi connectivity index (χ2n) is 5.74. The van der Waals surface area contributed by atoms with Crippen LogP contribution in [0.15, 0.2) is 29.2 Å². The number of thioether (sulfide) groups is 1. The predicted molar refractivity (Wildman–Crippen MR) is 84.8 cm³/mol. The van der Waals surface area contributed by atoms with Crippen LogP contribution >= 0.6 is 11.8 Å². The first-order valence-corrected chi connectivity index (χ1v) is 9.11. The third-order valence-corrected chi connectivity index (χ3v) is 6.54. The number of rotatable bonds is 3. The van der Waals surface area contributed by atoms with E-state index in [1.165, 1.54) is 16.1 Å². The summed E-state index contributed by atoms with van der Waals surface area (Å²) >= 11 is 1.50. The average molecular weight is 382 g/mol. The van der Waals surface area contributed by atoms with Crippen molar-refractivity contribution in [2.24, 2.45) is 0 Å². The lowest BCUT2D eigenvalue weighted by Gasteiger charge is -2.43. The van der Waals surface area contributed by atoms with E-state index in [0.29, 0.717) is 12.3 Å². The summed E-state index contributed by atoms with van der Waals surface area (Å²) in [5.41, 5.74) is 0.747. The van der Waals surface area contributed by atoms with Crippen molar-refractivity contribution >= 4 is 28.7 Å². The first kappa shape index (κ1) is 19.2. The highest BCUT2D eigenvalue weighted by molar-refractivity contribution is 8.00. The van der Waals surface area contributed by atoms with Crippen LogP contribution in [0, 0.1) is 0 Å². The molecule has 2 N–H and O–H groups in total. The zero-order valence-electron chi connectivity index (χ0n) is 13.0. The number of hydroxylamine groups is 1. The molecule has 134 valence electrons. The number of benzene rings is 1. The van der Waals surface area contributed by atoms with Crippen molar-refractivity contribution in [1.82, 2.24) is 9.79 Å². The zero-order chi connectivity index (χ0) is 18.1. The Hall–Kier alpha value is -1.10. The number of hydrogen-bond acceptors (Lipinski definition) is 4. The van der Waals surface area contributed by atoms with Crippen LogP contribution in [-0.4, -0.2) is 42.7 Å². The van der Waals surface area contributed by atoms with Gasteiger partial charge in [0.15, 0.2) is 0 Å². The molecule has 1 aromatic rings. The van der Waals surface area contributed by atoms with E-state index in [9.17, 15) is 22.2 Å². The minimum Gasteiger partial charge on any atom is -0.289 e. The lowest BCUT2D eigenvalue weighted by atomic mass is 10.0. The molecule has 1 aromatic carbocycles. The van der Waals surface area contributed by atoms with E-state index in [1.807, 2.05) is 0 Å². The Morgan fingerprint density at radius 1 is 1.38 bits per heavy atom. The number of nitrogens with zero attached hydrogens (tertiary/aromatic N) is 1. The molecule has 0 radical (unpaired) electrons. The minimum atomic E-state index is -4.47. The Kier molecular flexibility index (Phi) is 5.63. The van der Waals surface area contributed by atoms with E-state index >= 15 is 0 Å². The summed E-state index contributed by atoms with van der Waals surface area (Å²) in [6.07, 6.45) is -4.47. The molecule has 24 heavy (non-hydrogen) atoms. The Morgan fingerprint density at radius 3 is 2.46 bits per heavy atom. The van der Waals surface area contributed by atoms with Crippen LogP contribution in [-0.2, 0) is 22.0 Å². The Balaban J connectivity index is 2.31. The molecule has 1 aliphatic heterocycles. The Labute approximate surface area is 144 Å². The van der Waals surface area contributed by atoms with Crippen molar-refractivity contribution in [2.45, 2.75) is 35.7 Å². The molecule has 2 atom stereocenters. The highest BCUT2D eigenvalue weighted by atomic mass is 32.2. The fraction of sp³-hybridized carbons (Fsp3) is 0.500. The van der Waals surface area contributed by atoms with Crippen molar-refractivity contribution < 1.29 is 27.4 Å². The van der Waals surface area contributed by atoms with Gasteiger partial charge in [-0.05, 0) is 38.1 Å². The second kappa shape index (κ2) is 7.03. The van der Waals surface area contributed by atoms with Gasteiger partial charge in [0.05, 0.1) is 10.5 Å². The van der Waals surface area contributed by atoms with Gasteiger partial charge in [-0.2, -0.15) is 24.9 Å². The first-order chi connectivity index (χ1) is 11.1. The normalized spacial score (nSPS) is 22.8. The molecular weight excluding hydrogens is 365 g/mol. The molecule has 0 saturated carbocycles. The van der Waals surface area contributed by atoms with Crippen LogP contribution in [0.5, 0.6) is 0 Å². The third kappa shape index (κ3) is 3.93. The van der Waals surface area contributed by atoms with Gasteiger partial charge in [-0.25, -0.2) is 14.0 Å². The van der Waals surface area contributed by atoms with Crippen molar-refractivity contribution in [2.75, 3.05) is 12.3 Å². The highest BCUT2D eigenvalue weighted by Crippen LogP contribution is 2.37. The Morgan fingerprint density at radius 2 is 1.96 bits per heavy atom. The standard InChI is InChI=1S/C14H17F3N2O3S2/c1-13(2)11(12(20)18-21)19(7-8-23-13)24(22)10-5-3-9(4-6-10)14(15,16)17/h3-6,11,21H,7-8H2,1-2H3,(H,18,20). The highest BCUT2D eigenvalue weighted by Gasteiger charge is 2.45. The van der Waals surface area contributed by atoms with E-state index in [0.717, 1.165) is 24.3 Å². The number of halogens is 3. The van der Waals surface area contributed by atoms with Crippen LogP contribution in [0.2, 0.25) is 0 Å². The van der Waals surface area contributed by atoms with Gasteiger partial charge in [-0.3, -0.25) is 10.0 Å². The van der Waals surface area contributed by atoms with Gasteiger partial charge in [-0.1, -0.05) is 0 Å². The van der Waals surface area contributed by atoms with Crippen molar-refractivity contribution in [3.8, 4) is 0 Å². The number of amides is 1. The molecule has 1 fully saturated rings. The van der Waals surface area contributed by atoms with E-state index in [2.05, 4.69) is 0 Å². The predicted octanol–water partition coefficient (Wildman–Crippen LogP) is 2.43. The maximum Gasteiger partial charge on any atom is 0.416 e. The molecule has 2 rings (SSSR count). The quantitative estimate of drug-likeness (QED) is 0.622. The lowest BCUT2D eigenvalue weighted by Crippen LogP contribution is -2.59. The molecular formula is C14H17F3N2O3S2. The summed E-state index contributed by atoms with van der Waals surface area (Å²) < 4.78 is 51.4. The summed E-state index contributed by atoms with van der Waals surface area (Å²) in [4.78, 5) is 12.2. The average Bonchev–Trinajstić information content (AvgIpc) is 2.51. The number of carbonyl (C=O) groups excluding carboxylic acids is 1. The SMILES string of the molecule is CC1(C)SCCN(S(=O)c2ccc(C(F)(F)F)cc2)C1C(=O)NO. The van der Waals surface area contributed by atoms with Crippen LogP contribution in [0.4, 0.5) is 13.2 Å². The maximum atomic E-state index is 12.8. The summed E-state index contributed by atoms with van der Waals surface area (Å²) in [5.74, 6) is -0.0957. The minimum absolute atomic E-state index is 0.168. The summed E-state index contributed by atoms with van der Waals surface area (Å²) in [5, 5.41) is 8.96. The summed E-state index contributed by atoms with van der Waals surface area (Å²) in [6, 6.07) is 3.11. The van der Waals surface area contributed by atoms with Crippen LogP contribution in [0.25, 0.3) is 0 Å². The zero-order valence-corrected chi connectivity index (χ0v) is 14.6. The smallest absolute Gasteiger partial charge is 0.289 e. The molecule has 0 spiro atoms. The molecule has 0 aromatic heterocycles. The fourth-order valence-corrected chi connectivity index (χ4v) is 5.37. The molecule has 1 heterocycles. The summed E-state index contributed by atoms with van der Waals surface area (Å²) in [6.45, 7) is 3.88. The molecule has 10 heteroatoms. The van der Waals surface area contributed by atoms with E-state index < -0.39 is 39.4 Å². The molecule has 0 bridgehead atoms. The fourth-order valence-electron chi connectivity index (χ4n) is 2.54. The largest absolute Gasteiger partial charge is 0.416 e. The van der Waals surface area contributed by atoms with Crippen LogP contribution in [0.1, 0.15) is 19.4 Å². The molecule has 5 nitrogen and oxygen atoms in total. The van der Waals surface area contributed by atoms with Crippen LogP contribution < -0.4 is 5.48 Å². The first-order valence-electron chi connectivity index (χ1n) is 7.01. The van der Waals surface area contributed by atoms with Gasteiger partial charge in [-0.15, -0.1) is 0 Å². The van der Waals surface area contributed by atoms with Gasteiger partial charge in [0.1, 0.15) is 17.0 Å².